The third kappa shape index (κ3) is 4.36. The average molecular weight is 136 g/mol. The predicted molar refractivity (Wildman–Crippen MR) is 32.5 cm³/mol. The van der Waals surface area contributed by atoms with Crippen molar-refractivity contribution in [3.8, 4) is 0 Å². The molecule has 0 saturated heterocycles. The number of hydrogen-bond donors (Lipinski definition) is 0. The van der Waals surface area contributed by atoms with Crippen LogP contribution in [-0.2, 0) is 9.68 Å². The number of rotatable bonds is 4. The molecule has 0 aromatic carbocycles. The molecule has 0 bridgehead atoms. The van der Waals surface area contributed by atoms with Gasteiger partial charge in [-0.3, -0.25) is 0 Å². The summed E-state index contributed by atoms with van der Waals surface area (Å²) in [7, 11) is 0. The van der Waals surface area contributed by atoms with E-state index < -0.39 is 5.79 Å². The van der Waals surface area contributed by atoms with Crippen molar-refractivity contribution < 1.29 is 14.2 Å². The maximum Gasteiger partial charge on any atom is 0.201 e. The van der Waals surface area contributed by atoms with Gasteiger partial charge in [0.05, 0.1) is 0 Å². The molecule has 0 aromatic heterocycles. The van der Waals surface area contributed by atoms with Gasteiger partial charge in [0.15, 0.2) is 0 Å². The monoisotopic (exact) mass is 136 g/mol. The smallest absolute Gasteiger partial charge is 0.201 e. The van der Waals surface area contributed by atoms with E-state index in [-0.39, 0.29) is 0 Å². The van der Waals surface area contributed by atoms with Gasteiger partial charge in [-0.2, -0.15) is 4.94 Å². The van der Waals surface area contributed by atoms with Gasteiger partial charge in [0.1, 0.15) is 0 Å². The van der Waals surface area contributed by atoms with Crippen LogP contribution < -0.4 is 0 Å². The summed E-state index contributed by atoms with van der Waals surface area (Å²) in [5.74, 6) is -1.07. The van der Waals surface area contributed by atoms with Gasteiger partial charge in [0, 0.05) is 6.61 Å². The van der Waals surface area contributed by atoms with Crippen molar-refractivity contribution in [2.24, 2.45) is 0 Å². The molecule has 0 heterocycles. The van der Waals surface area contributed by atoms with E-state index in [0.29, 0.717) is 6.61 Å². The molecule has 0 spiro atoms. The molecule has 0 fully saturated rings. The van der Waals surface area contributed by atoms with Crippen LogP contribution in [0.4, 0.5) is 4.53 Å². The second-order valence-electron chi connectivity index (χ2n) is 2.33. The summed E-state index contributed by atoms with van der Waals surface area (Å²) >= 11 is 0. The van der Waals surface area contributed by atoms with Crippen LogP contribution in [0, 0.1) is 0 Å². The van der Waals surface area contributed by atoms with Crippen LogP contribution in [0.2, 0.25) is 0 Å². The van der Waals surface area contributed by atoms with Crippen molar-refractivity contribution in [2.45, 2.75) is 33.0 Å². The van der Waals surface area contributed by atoms with Crippen molar-refractivity contribution in [1.29, 1.82) is 0 Å². The first kappa shape index (κ1) is 8.85. The Morgan fingerprint density at radius 3 is 2.33 bits per heavy atom. The van der Waals surface area contributed by atoms with Crippen LogP contribution >= 0.6 is 0 Å². The second kappa shape index (κ2) is 3.80. The topological polar surface area (TPSA) is 18.5 Å². The summed E-state index contributed by atoms with van der Waals surface area (Å²) in [6, 6.07) is 0. The molecule has 9 heavy (non-hydrogen) atoms. The first-order chi connectivity index (χ1) is 4.12. The molecule has 0 atom stereocenters. The van der Waals surface area contributed by atoms with Crippen LogP contribution in [-0.4, -0.2) is 12.4 Å². The van der Waals surface area contributed by atoms with Crippen molar-refractivity contribution in [3.63, 3.8) is 0 Å². The van der Waals surface area contributed by atoms with Crippen molar-refractivity contribution in [2.75, 3.05) is 6.61 Å². The standard InChI is InChI=1S/C6H13FO2/c1-4-5-8-6(2,3)9-7/h4-5H2,1-3H3. The Hall–Kier alpha value is -0.150. The summed E-state index contributed by atoms with van der Waals surface area (Å²) in [4.78, 5) is 3.52. The van der Waals surface area contributed by atoms with Gasteiger partial charge in [0.25, 0.3) is 0 Å². The fraction of sp³-hybridized carbons (Fsp3) is 1.00. The molecular weight excluding hydrogens is 123 g/mol. The largest absolute Gasteiger partial charge is 0.348 e. The molecule has 0 aromatic rings. The first-order valence-corrected chi connectivity index (χ1v) is 3.06. The quantitative estimate of drug-likeness (QED) is 0.550. The molecule has 3 heteroatoms. The Kier molecular flexibility index (Phi) is 3.73. The zero-order chi connectivity index (χ0) is 7.33. The van der Waals surface area contributed by atoms with Gasteiger partial charge in [-0.1, -0.05) is 6.92 Å². The summed E-state index contributed by atoms with van der Waals surface area (Å²) in [5.41, 5.74) is 0. The molecule has 0 aliphatic heterocycles. The van der Waals surface area contributed by atoms with E-state index in [1.54, 1.807) is 0 Å². The molecule has 0 unspecified atom stereocenters. The maximum atomic E-state index is 11.5. The first-order valence-electron chi connectivity index (χ1n) is 3.06. The molecule has 0 radical (unpaired) electrons. The molecule has 0 amide bonds. The lowest BCUT2D eigenvalue weighted by Crippen LogP contribution is -2.25. The highest BCUT2D eigenvalue weighted by atomic mass is 19.3. The van der Waals surface area contributed by atoms with Gasteiger partial charge in [-0.05, 0) is 24.8 Å². The minimum Gasteiger partial charge on any atom is -0.348 e. The van der Waals surface area contributed by atoms with E-state index in [1.165, 1.54) is 13.8 Å². The highest BCUT2D eigenvalue weighted by Gasteiger charge is 2.18. The van der Waals surface area contributed by atoms with Crippen LogP contribution in [0.1, 0.15) is 27.2 Å². The normalized spacial score (nSPS) is 12.0. The Balaban J connectivity index is 3.33. The van der Waals surface area contributed by atoms with Gasteiger partial charge < -0.3 is 4.74 Å². The van der Waals surface area contributed by atoms with Crippen LogP contribution in [0.15, 0.2) is 0 Å². The third-order valence-corrected chi connectivity index (χ3v) is 0.840. The van der Waals surface area contributed by atoms with E-state index in [1.807, 2.05) is 6.92 Å². The maximum absolute atomic E-state index is 11.5. The zero-order valence-electron chi connectivity index (χ0n) is 6.11. The van der Waals surface area contributed by atoms with E-state index in [9.17, 15) is 4.53 Å². The minimum absolute atomic E-state index is 0.525. The van der Waals surface area contributed by atoms with Gasteiger partial charge in [-0.15, -0.1) is 0 Å². The molecule has 2 nitrogen and oxygen atoms in total. The Morgan fingerprint density at radius 2 is 2.00 bits per heavy atom. The minimum atomic E-state index is -1.07. The fourth-order valence-electron chi connectivity index (χ4n) is 0.370. The summed E-state index contributed by atoms with van der Waals surface area (Å²) in [5, 5.41) is 0. The molecule has 0 rings (SSSR count). The molecule has 0 aliphatic rings. The van der Waals surface area contributed by atoms with E-state index in [0.717, 1.165) is 6.42 Å². The Morgan fingerprint density at radius 1 is 1.44 bits per heavy atom. The summed E-state index contributed by atoms with van der Waals surface area (Å²) in [6.45, 7) is 5.54. The van der Waals surface area contributed by atoms with E-state index in [2.05, 4.69) is 4.94 Å². The fourth-order valence-corrected chi connectivity index (χ4v) is 0.370. The lowest BCUT2D eigenvalue weighted by Gasteiger charge is -2.18. The van der Waals surface area contributed by atoms with Gasteiger partial charge >= 0.3 is 0 Å². The molecule has 56 valence electrons. The molecular formula is C6H13FO2. The number of halogens is 1. The van der Waals surface area contributed by atoms with Crippen molar-refractivity contribution in [3.05, 3.63) is 0 Å². The molecule has 0 saturated carbocycles. The Labute approximate surface area is 54.9 Å². The van der Waals surface area contributed by atoms with Gasteiger partial charge in [0.2, 0.25) is 5.79 Å². The Bertz CT molecular complexity index is 73.5. The lowest BCUT2D eigenvalue weighted by molar-refractivity contribution is -0.328. The lowest BCUT2D eigenvalue weighted by atomic mass is 10.4. The van der Waals surface area contributed by atoms with E-state index in [4.69, 9.17) is 4.74 Å². The number of hydrogen-bond acceptors (Lipinski definition) is 2. The molecule has 0 aliphatic carbocycles. The van der Waals surface area contributed by atoms with Crippen LogP contribution in [0.5, 0.6) is 0 Å². The average Bonchev–Trinajstić information content (AvgIpc) is 1.84. The highest BCUT2D eigenvalue weighted by Crippen LogP contribution is 2.10. The zero-order valence-corrected chi connectivity index (χ0v) is 6.11. The second-order valence-corrected chi connectivity index (χ2v) is 2.33. The highest BCUT2D eigenvalue weighted by molar-refractivity contribution is 4.48. The van der Waals surface area contributed by atoms with Gasteiger partial charge in [-0.25, -0.2) is 0 Å². The summed E-state index contributed by atoms with van der Waals surface area (Å²) in [6.07, 6.45) is 0.868. The SMILES string of the molecule is CCCOC(C)(C)OF. The summed E-state index contributed by atoms with van der Waals surface area (Å²) < 4.78 is 16.4. The van der Waals surface area contributed by atoms with E-state index >= 15 is 0 Å². The van der Waals surface area contributed by atoms with Crippen molar-refractivity contribution in [1.82, 2.24) is 0 Å². The molecule has 0 N–H and O–H groups in total. The van der Waals surface area contributed by atoms with Crippen LogP contribution in [0.3, 0.4) is 0 Å². The van der Waals surface area contributed by atoms with Crippen molar-refractivity contribution >= 4 is 0 Å². The number of ether oxygens (including phenoxy) is 1. The van der Waals surface area contributed by atoms with Crippen LogP contribution in [0.25, 0.3) is 0 Å². The predicted octanol–water partition coefficient (Wildman–Crippen LogP) is 2.05. The third-order valence-electron chi connectivity index (χ3n) is 0.840.